The maximum Gasteiger partial charge on any atom is 0.274 e. The standard InChI is InChI=1S/C20H26N4O3/c1-14(2)22-19(25)15-6-8-17(9-7-15)27-12-16-5-4-10-24(16)20(26)18-11-23(3)13-21-18/h6-9,11,13-14,16H,4-5,10,12H2,1-3H3,(H,22,25). The molecule has 1 atom stereocenters. The fourth-order valence-electron chi connectivity index (χ4n) is 3.19. The number of carbonyl (C=O) groups excluding carboxylic acids is 2. The molecular weight excluding hydrogens is 344 g/mol. The number of aromatic nitrogens is 2. The number of aryl methyl sites for hydroxylation is 1. The van der Waals surface area contributed by atoms with Crippen molar-refractivity contribution >= 4 is 11.8 Å². The van der Waals surface area contributed by atoms with E-state index in [-0.39, 0.29) is 23.9 Å². The van der Waals surface area contributed by atoms with E-state index in [0.717, 1.165) is 19.4 Å². The third-order valence-corrected chi connectivity index (χ3v) is 4.54. The van der Waals surface area contributed by atoms with E-state index < -0.39 is 0 Å². The highest BCUT2D eigenvalue weighted by molar-refractivity contribution is 5.94. The molecule has 2 aromatic rings. The van der Waals surface area contributed by atoms with Crippen LogP contribution in [0.5, 0.6) is 5.75 Å². The van der Waals surface area contributed by atoms with E-state index in [1.165, 1.54) is 0 Å². The molecule has 2 amide bonds. The molecule has 27 heavy (non-hydrogen) atoms. The Morgan fingerprint density at radius 2 is 2.04 bits per heavy atom. The van der Waals surface area contributed by atoms with Crippen LogP contribution in [0.25, 0.3) is 0 Å². The van der Waals surface area contributed by atoms with Gasteiger partial charge in [0.2, 0.25) is 0 Å². The molecule has 1 N–H and O–H groups in total. The summed E-state index contributed by atoms with van der Waals surface area (Å²) in [6, 6.07) is 7.20. The van der Waals surface area contributed by atoms with Crippen LogP contribution in [0.3, 0.4) is 0 Å². The molecule has 1 fully saturated rings. The Hall–Kier alpha value is -2.83. The molecule has 1 unspecified atom stereocenters. The molecule has 1 aliphatic heterocycles. The van der Waals surface area contributed by atoms with Crippen LogP contribution >= 0.6 is 0 Å². The summed E-state index contributed by atoms with van der Waals surface area (Å²) in [4.78, 5) is 30.6. The van der Waals surface area contributed by atoms with Crippen molar-refractivity contribution in [2.45, 2.75) is 38.8 Å². The van der Waals surface area contributed by atoms with Gasteiger partial charge in [-0.2, -0.15) is 0 Å². The predicted octanol–water partition coefficient (Wildman–Crippen LogP) is 2.24. The van der Waals surface area contributed by atoms with Crippen molar-refractivity contribution in [3.63, 3.8) is 0 Å². The van der Waals surface area contributed by atoms with Crippen LogP contribution in [0.2, 0.25) is 0 Å². The summed E-state index contributed by atoms with van der Waals surface area (Å²) in [5.41, 5.74) is 1.06. The molecule has 7 heteroatoms. The predicted molar refractivity (Wildman–Crippen MR) is 102 cm³/mol. The number of likely N-dealkylation sites (tertiary alicyclic amines) is 1. The van der Waals surface area contributed by atoms with Crippen molar-refractivity contribution in [1.82, 2.24) is 19.8 Å². The Labute approximate surface area is 159 Å². The Bertz CT molecular complexity index is 798. The molecule has 0 bridgehead atoms. The first-order valence-corrected chi connectivity index (χ1v) is 9.26. The van der Waals surface area contributed by atoms with Gasteiger partial charge >= 0.3 is 0 Å². The monoisotopic (exact) mass is 370 g/mol. The van der Waals surface area contributed by atoms with Gasteiger partial charge in [-0.1, -0.05) is 0 Å². The second-order valence-electron chi connectivity index (χ2n) is 7.18. The zero-order valence-corrected chi connectivity index (χ0v) is 16.0. The van der Waals surface area contributed by atoms with Crippen LogP contribution < -0.4 is 10.1 Å². The lowest BCUT2D eigenvalue weighted by molar-refractivity contribution is 0.0685. The molecule has 1 aromatic carbocycles. The van der Waals surface area contributed by atoms with E-state index in [2.05, 4.69) is 10.3 Å². The smallest absolute Gasteiger partial charge is 0.274 e. The molecule has 0 aliphatic carbocycles. The lowest BCUT2D eigenvalue weighted by Gasteiger charge is -2.24. The number of rotatable bonds is 6. The van der Waals surface area contributed by atoms with Gasteiger partial charge in [0.1, 0.15) is 18.1 Å². The molecule has 0 spiro atoms. The van der Waals surface area contributed by atoms with E-state index >= 15 is 0 Å². The van der Waals surface area contributed by atoms with Crippen molar-refractivity contribution in [1.29, 1.82) is 0 Å². The average Bonchev–Trinajstić information content (AvgIpc) is 3.28. The lowest BCUT2D eigenvalue weighted by Crippen LogP contribution is -2.39. The molecular formula is C20H26N4O3. The number of amides is 2. The first kappa shape index (κ1) is 18.9. The highest BCUT2D eigenvalue weighted by atomic mass is 16.5. The number of nitrogens with one attached hydrogen (secondary N) is 1. The minimum atomic E-state index is -0.0977. The molecule has 144 valence electrons. The van der Waals surface area contributed by atoms with E-state index in [9.17, 15) is 9.59 Å². The van der Waals surface area contributed by atoms with Gasteiger partial charge in [-0.3, -0.25) is 9.59 Å². The number of benzene rings is 1. The van der Waals surface area contributed by atoms with E-state index in [1.807, 2.05) is 25.8 Å². The SMILES string of the molecule is CC(C)NC(=O)c1ccc(OCC2CCCN2C(=O)c2cn(C)cn2)cc1. The topological polar surface area (TPSA) is 76.5 Å². The summed E-state index contributed by atoms with van der Waals surface area (Å²) in [6.45, 7) is 5.00. The van der Waals surface area contributed by atoms with Gasteiger partial charge in [-0.15, -0.1) is 0 Å². The second kappa shape index (κ2) is 8.24. The summed E-state index contributed by atoms with van der Waals surface area (Å²) in [7, 11) is 1.85. The van der Waals surface area contributed by atoms with E-state index in [1.54, 1.807) is 41.4 Å². The van der Waals surface area contributed by atoms with Gasteiger partial charge in [-0.05, 0) is 51.0 Å². The van der Waals surface area contributed by atoms with Crippen LogP contribution in [0.15, 0.2) is 36.8 Å². The number of ether oxygens (including phenoxy) is 1. The van der Waals surface area contributed by atoms with Gasteiger partial charge < -0.3 is 19.5 Å². The van der Waals surface area contributed by atoms with Crippen molar-refractivity contribution in [2.75, 3.05) is 13.2 Å². The minimum Gasteiger partial charge on any atom is -0.491 e. The van der Waals surface area contributed by atoms with Crippen molar-refractivity contribution in [2.24, 2.45) is 7.05 Å². The van der Waals surface area contributed by atoms with Gasteiger partial charge in [0.15, 0.2) is 0 Å². The normalized spacial score (nSPS) is 16.6. The quantitative estimate of drug-likeness (QED) is 0.846. The molecule has 1 aliphatic rings. The second-order valence-corrected chi connectivity index (χ2v) is 7.18. The van der Waals surface area contributed by atoms with Crippen LogP contribution in [0.1, 0.15) is 47.5 Å². The minimum absolute atomic E-state index is 0.0309. The highest BCUT2D eigenvalue weighted by Crippen LogP contribution is 2.21. The van der Waals surface area contributed by atoms with Crippen molar-refractivity contribution in [3.05, 3.63) is 48.0 Å². The Morgan fingerprint density at radius 1 is 1.30 bits per heavy atom. The highest BCUT2D eigenvalue weighted by Gasteiger charge is 2.31. The van der Waals surface area contributed by atoms with E-state index in [0.29, 0.717) is 23.6 Å². The maximum atomic E-state index is 12.6. The molecule has 0 saturated carbocycles. The number of nitrogens with zero attached hydrogens (tertiary/aromatic N) is 3. The third-order valence-electron chi connectivity index (χ3n) is 4.54. The maximum absolute atomic E-state index is 12.6. The number of imidazole rings is 1. The van der Waals surface area contributed by atoms with Gasteiger partial charge in [0.05, 0.1) is 12.4 Å². The van der Waals surface area contributed by atoms with Crippen LogP contribution in [-0.2, 0) is 7.05 Å². The molecule has 3 rings (SSSR count). The van der Waals surface area contributed by atoms with E-state index in [4.69, 9.17) is 4.74 Å². The summed E-state index contributed by atoms with van der Waals surface area (Å²) in [5.74, 6) is 0.537. The first-order valence-electron chi connectivity index (χ1n) is 9.26. The van der Waals surface area contributed by atoms with Crippen LogP contribution in [0.4, 0.5) is 0 Å². The number of hydrogen-bond donors (Lipinski definition) is 1. The van der Waals surface area contributed by atoms with Gasteiger partial charge in [0, 0.05) is 31.4 Å². The van der Waals surface area contributed by atoms with Crippen molar-refractivity contribution in [3.8, 4) is 5.75 Å². The molecule has 7 nitrogen and oxygen atoms in total. The Kier molecular flexibility index (Phi) is 5.78. The molecule has 2 heterocycles. The summed E-state index contributed by atoms with van der Waals surface area (Å²) >= 11 is 0. The van der Waals surface area contributed by atoms with Gasteiger partial charge in [0.25, 0.3) is 11.8 Å². The fraction of sp³-hybridized carbons (Fsp3) is 0.450. The number of carbonyl (C=O) groups is 2. The zero-order chi connectivity index (χ0) is 19.4. The first-order chi connectivity index (χ1) is 12.9. The summed E-state index contributed by atoms with van der Waals surface area (Å²) in [6.07, 6.45) is 5.24. The van der Waals surface area contributed by atoms with Crippen molar-refractivity contribution < 1.29 is 14.3 Å². The number of hydrogen-bond acceptors (Lipinski definition) is 4. The molecule has 0 radical (unpaired) electrons. The third kappa shape index (κ3) is 4.67. The largest absolute Gasteiger partial charge is 0.491 e. The molecule has 1 saturated heterocycles. The fourth-order valence-corrected chi connectivity index (χ4v) is 3.19. The van der Waals surface area contributed by atoms with Crippen LogP contribution in [-0.4, -0.2) is 51.5 Å². The molecule has 1 aromatic heterocycles. The lowest BCUT2D eigenvalue weighted by atomic mass is 10.2. The Balaban J connectivity index is 1.57. The average molecular weight is 370 g/mol. The zero-order valence-electron chi connectivity index (χ0n) is 16.0. The summed E-state index contributed by atoms with van der Waals surface area (Å²) < 4.78 is 7.65. The summed E-state index contributed by atoms with van der Waals surface area (Å²) in [5, 5.41) is 2.86. The van der Waals surface area contributed by atoms with Gasteiger partial charge in [-0.25, -0.2) is 4.98 Å². The van der Waals surface area contributed by atoms with Crippen LogP contribution in [0, 0.1) is 0 Å². The Morgan fingerprint density at radius 3 is 2.67 bits per heavy atom.